The van der Waals surface area contributed by atoms with Gasteiger partial charge in [-0.15, -0.1) is 0 Å². The van der Waals surface area contributed by atoms with Crippen LogP contribution in [0.4, 0.5) is 27.6 Å². The van der Waals surface area contributed by atoms with Gasteiger partial charge < -0.3 is 5.73 Å². The molecule has 2 N–H and O–H groups in total. The molecule has 0 saturated carbocycles. The molecule has 0 spiro atoms. The first-order valence-electron chi connectivity index (χ1n) is 3.43. The zero-order chi connectivity index (χ0) is 10.9. The van der Waals surface area contributed by atoms with Crippen molar-refractivity contribution < 1.29 is 22.0 Å². The van der Waals surface area contributed by atoms with Gasteiger partial charge in [0.25, 0.3) is 6.43 Å². The van der Waals surface area contributed by atoms with Gasteiger partial charge in [-0.3, -0.25) is 4.98 Å². The number of anilines is 1. The molecule has 0 bridgehead atoms. The van der Waals surface area contributed by atoms with E-state index in [-0.39, 0.29) is 0 Å². The fourth-order valence-corrected chi connectivity index (χ4v) is 0.968. The number of aromatic nitrogens is 1. The van der Waals surface area contributed by atoms with E-state index in [1.54, 1.807) is 0 Å². The lowest BCUT2D eigenvalue weighted by atomic mass is 10.1. The number of alkyl halides is 5. The van der Waals surface area contributed by atoms with Crippen LogP contribution in [0.3, 0.4) is 0 Å². The molecule has 0 atom stereocenters. The monoisotopic (exact) mass is 212 g/mol. The molecule has 2 nitrogen and oxygen atoms in total. The summed E-state index contributed by atoms with van der Waals surface area (Å²) >= 11 is 0. The number of nitrogens with two attached hydrogens (primary N) is 1. The second kappa shape index (κ2) is 3.39. The maximum Gasteiger partial charge on any atom is 0.420 e. The average molecular weight is 212 g/mol. The number of hydrogen-bond donors (Lipinski definition) is 1. The van der Waals surface area contributed by atoms with E-state index < -0.39 is 29.5 Å². The zero-order valence-corrected chi connectivity index (χ0v) is 6.65. The van der Waals surface area contributed by atoms with Crippen molar-refractivity contribution in [3.05, 3.63) is 23.5 Å². The van der Waals surface area contributed by atoms with Gasteiger partial charge in [0.05, 0.1) is 0 Å². The third-order valence-corrected chi connectivity index (χ3v) is 1.50. The highest BCUT2D eigenvalue weighted by Crippen LogP contribution is 2.38. The molecule has 1 aromatic rings. The Balaban J connectivity index is 3.38. The van der Waals surface area contributed by atoms with Crippen LogP contribution in [0.25, 0.3) is 0 Å². The molecule has 0 aliphatic heterocycles. The molecule has 1 heterocycles. The van der Waals surface area contributed by atoms with Gasteiger partial charge in [-0.2, -0.15) is 13.2 Å². The lowest BCUT2D eigenvalue weighted by Gasteiger charge is -2.13. The van der Waals surface area contributed by atoms with Crippen molar-refractivity contribution in [1.82, 2.24) is 4.98 Å². The summed E-state index contributed by atoms with van der Waals surface area (Å²) in [5.74, 6) is 0. The third-order valence-electron chi connectivity index (χ3n) is 1.50. The Labute approximate surface area is 75.5 Å². The number of nitrogen functional groups attached to an aromatic ring is 1. The Morgan fingerprint density at radius 2 is 1.86 bits per heavy atom. The number of pyridine rings is 1. The van der Waals surface area contributed by atoms with Crippen LogP contribution in [0.2, 0.25) is 0 Å². The molecule has 0 amide bonds. The zero-order valence-electron chi connectivity index (χ0n) is 6.65. The molecule has 0 aromatic carbocycles. The van der Waals surface area contributed by atoms with Crippen molar-refractivity contribution >= 4 is 5.69 Å². The Morgan fingerprint density at radius 1 is 1.29 bits per heavy atom. The highest BCUT2D eigenvalue weighted by molar-refractivity contribution is 5.50. The van der Waals surface area contributed by atoms with Crippen molar-refractivity contribution in [2.45, 2.75) is 12.6 Å². The lowest BCUT2D eigenvalue weighted by Crippen LogP contribution is -2.14. The van der Waals surface area contributed by atoms with Crippen LogP contribution in [0, 0.1) is 0 Å². The summed E-state index contributed by atoms with van der Waals surface area (Å²) < 4.78 is 60.9. The van der Waals surface area contributed by atoms with Crippen molar-refractivity contribution in [1.29, 1.82) is 0 Å². The quantitative estimate of drug-likeness (QED) is 0.726. The molecule has 0 fully saturated rings. The first-order valence-corrected chi connectivity index (χ1v) is 3.43. The predicted molar refractivity (Wildman–Crippen MR) is 38.6 cm³/mol. The minimum Gasteiger partial charge on any atom is -0.398 e. The minimum absolute atomic E-state index is 0.747. The second-order valence-corrected chi connectivity index (χ2v) is 2.46. The summed E-state index contributed by atoms with van der Waals surface area (Å²) in [7, 11) is 0. The van der Waals surface area contributed by atoms with Gasteiger partial charge in [0.2, 0.25) is 0 Å². The molecule has 14 heavy (non-hydrogen) atoms. The fourth-order valence-electron chi connectivity index (χ4n) is 0.968. The summed E-state index contributed by atoms with van der Waals surface area (Å²) in [6, 6.07) is 0.828. The van der Waals surface area contributed by atoms with Crippen molar-refractivity contribution in [2.75, 3.05) is 5.73 Å². The Bertz CT molecular complexity index is 333. The van der Waals surface area contributed by atoms with E-state index >= 15 is 0 Å². The minimum atomic E-state index is -4.91. The largest absolute Gasteiger partial charge is 0.420 e. The molecule has 78 valence electrons. The van der Waals surface area contributed by atoms with Crippen LogP contribution >= 0.6 is 0 Å². The molecule has 0 unspecified atom stereocenters. The van der Waals surface area contributed by atoms with Gasteiger partial charge in [0.15, 0.2) is 0 Å². The van der Waals surface area contributed by atoms with E-state index in [1.165, 1.54) is 0 Å². The predicted octanol–water partition coefficient (Wildman–Crippen LogP) is 2.62. The van der Waals surface area contributed by atoms with Gasteiger partial charge in [0.1, 0.15) is 11.3 Å². The highest BCUT2D eigenvalue weighted by Gasteiger charge is 2.38. The Morgan fingerprint density at radius 3 is 2.21 bits per heavy atom. The summed E-state index contributed by atoms with van der Waals surface area (Å²) in [5, 5.41) is 0. The number of nitrogens with zero attached hydrogens (tertiary/aromatic N) is 1. The van der Waals surface area contributed by atoms with Crippen LogP contribution in [0.1, 0.15) is 17.7 Å². The first kappa shape index (κ1) is 10.7. The lowest BCUT2D eigenvalue weighted by molar-refractivity contribution is -0.139. The van der Waals surface area contributed by atoms with E-state index in [0.717, 1.165) is 12.3 Å². The Kier molecular flexibility index (Phi) is 2.59. The van der Waals surface area contributed by atoms with Crippen LogP contribution < -0.4 is 5.73 Å². The van der Waals surface area contributed by atoms with E-state index in [0.29, 0.717) is 0 Å². The van der Waals surface area contributed by atoms with E-state index in [9.17, 15) is 22.0 Å². The molecular formula is C7H5F5N2. The van der Waals surface area contributed by atoms with Gasteiger partial charge in [0, 0.05) is 11.9 Å². The molecule has 1 aromatic heterocycles. The van der Waals surface area contributed by atoms with Crippen LogP contribution in [0.15, 0.2) is 12.3 Å². The number of halogens is 5. The van der Waals surface area contributed by atoms with Gasteiger partial charge in [-0.1, -0.05) is 0 Å². The van der Waals surface area contributed by atoms with Crippen LogP contribution in [-0.2, 0) is 6.18 Å². The molecule has 0 aliphatic rings. The maximum atomic E-state index is 12.2. The summed E-state index contributed by atoms with van der Waals surface area (Å²) in [6.07, 6.45) is -7.40. The summed E-state index contributed by atoms with van der Waals surface area (Å²) in [5.41, 5.74) is 1.31. The van der Waals surface area contributed by atoms with Crippen molar-refractivity contribution in [3.63, 3.8) is 0 Å². The fraction of sp³-hybridized carbons (Fsp3) is 0.286. The number of hydrogen-bond acceptors (Lipinski definition) is 2. The van der Waals surface area contributed by atoms with Crippen molar-refractivity contribution in [3.8, 4) is 0 Å². The summed E-state index contributed by atoms with van der Waals surface area (Å²) in [6.45, 7) is 0. The van der Waals surface area contributed by atoms with Crippen LogP contribution in [-0.4, -0.2) is 4.98 Å². The molecular weight excluding hydrogens is 207 g/mol. The molecule has 1 rings (SSSR count). The van der Waals surface area contributed by atoms with Gasteiger partial charge in [-0.05, 0) is 6.07 Å². The van der Waals surface area contributed by atoms with Gasteiger partial charge in [-0.25, -0.2) is 8.78 Å². The van der Waals surface area contributed by atoms with E-state index in [2.05, 4.69) is 4.98 Å². The SMILES string of the molecule is Nc1ccnc(C(F)F)c1C(F)(F)F. The molecule has 0 saturated heterocycles. The summed E-state index contributed by atoms with van der Waals surface area (Å²) in [4.78, 5) is 2.96. The smallest absolute Gasteiger partial charge is 0.398 e. The number of rotatable bonds is 1. The van der Waals surface area contributed by atoms with E-state index in [4.69, 9.17) is 5.73 Å². The average Bonchev–Trinajstić information content (AvgIpc) is 2.01. The molecule has 0 aliphatic carbocycles. The van der Waals surface area contributed by atoms with Gasteiger partial charge >= 0.3 is 6.18 Å². The standard InChI is InChI=1S/C7H5F5N2/c8-6(9)5-4(7(10,11)12)3(13)1-2-14-5/h1-2,6H,(H2,13,14). The highest BCUT2D eigenvalue weighted by atomic mass is 19.4. The molecule has 0 radical (unpaired) electrons. The third kappa shape index (κ3) is 1.91. The van der Waals surface area contributed by atoms with E-state index in [1.807, 2.05) is 0 Å². The van der Waals surface area contributed by atoms with Crippen molar-refractivity contribution in [2.24, 2.45) is 0 Å². The van der Waals surface area contributed by atoms with Crippen LogP contribution in [0.5, 0.6) is 0 Å². The second-order valence-electron chi connectivity index (χ2n) is 2.46. The molecule has 7 heteroatoms. The maximum absolute atomic E-state index is 12.2. The first-order chi connectivity index (χ1) is 6.34. The topological polar surface area (TPSA) is 38.9 Å². The Hall–Kier alpha value is -1.40. The normalized spacial score (nSPS) is 12.1.